The number of hydrogen-bond acceptors (Lipinski definition) is 4. The molecule has 1 heterocycles. The summed E-state index contributed by atoms with van der Waals surface area (Å²) in [6.07, 6.45) is 0.808. The van der Waals surface area contributed by atoms with Gasteiger partial charge in [0.25, 0.3) is 0 Å². The highest BCUT2D eigenvalue weighted by atomic mass is 32.2. The summed E-state index contributed by atoms with van der Waals surface area (Å²) in [5.74, 6) is -0.214. The Kier molecular flexibility index (Phi) is 6.19. The monoisotopic (exact) mass is 352 g/mol. The standard InChI is InChI=1S/C16H21FN4O2S/c1-4-9-21-15(23)18-19-16(21)24-10-14(22)20(3)11(2)12-5-7-13(17)8-6-12/h5-8,11H,4,9-10H2,1-3H3,(H,18,23)/t11-/m1/s1. The van der Waals surface area contributed by atoms with Gasteiger partial charge in [-0.05, 0) is 31.0 Å². The number of aromatic nitrogens is 3. The average Bonchev–Trinajstić information content (AvgIpc) is 2.92. The normalized spacial score (nSPS) is 12.2. The molecule has 24 heavy (non-hydrogen) atoms. The van der Waals surface area contributed by atoms with Crippen LogP contribution in [0.1, 0.15) is 31.9 Å². The van der Waals surface area contributed by atoms with Crippen LogP contribution in [0.4, 0.5) is 4.39 Å². The quantitative estimate of drug-likeness (QED) is 0.777. The number of halogens is 1. The highest BCUT2D eigenvalue weighted by molar-refractivity contribution is 7.99. The Morgan fingerprint density at radius 3 is 2.71 bits per heavy atom. The van der Waals surface area contributed by atoms with Gasteiger partial charge in [0, 0.05) is 13.6 Å². The Morgan fingerprint density at radius 2 is 2.08 bits per heavy atom. The van der Waals surface area contributed by atoms with Crippen LogP contribution in [0.15, 0.2) is 34.2 Å². The summed E-state index contributed by atoms with van der Waals surface area (Å²) in [7, 11) is 1.71. The molecule has 2 aromatic rings. The lowest BCUT2D eigenvalue weighted by Crippen LogP contribution is -2.31. The molecular weight excluding hydrogens is 331 g/mol. The van der Waals surface area contributed by atoms with Crippen LogP contribution < -0.4 is 5.69 Å². The molecule has 130 valence electrons. The Balaban J connectivity index is 1.99. The van der Waals surface area contributed by atoms with Crippen LogP contribution in [-0.2, 0) is 11.3 Å². The number of benzene rings is 1. The maximum atomic E-state index is 13.0. The van der Waals surface area contributed by atoms with Crippen LogP contribution >= 0.6 is 11.8 Å². The van der Waals surface area contributed by atoms with Gasteiger partial charge in [0.15, 0.2) is 5.16 Å². The highest BCUT2D eigenvalue weighted by Crippen LogP contribution is 2.21. The first kappa shape index (κ1) is 18.3. The number of thioether (sulfide) groups is 1. The summed E-state index contributed by atoms with van der Waals surface area (Å²) in [6, 6.07) is 5.93. The summed E-state index contributed by atoms with van der Waals surface area (Å²) in [5.41, 5.74) is 0.597. The molecule has 1 amide bonds. The van der Waals surface area contributed by atoms with Gasteiger partial charge in [-0.25, -0.2) is 14.3 Å². The van der Waals surface area contributed by atoms with E-state index < -0.39 is 0 Å². The van der Waals surface area contributed by atoms with E-state index in [1.54, 1.807) is 24.1 Å². The number of hydrogen-bond donors (Lipinski definition) is 1. The molecule has 0 bridgehead atoms. The second kappa shape index (κ2) is 8.14. The SMILES string of the molecule is CCCn1c(SCC(=O)N(C)[C@H](C)c2ccc(F)cc2)n[nH]c1=O. The van der Waals surface area contributed by atoms with Crippen molar-refractivity contribution in [3.05, 3.63) is 46.1 Å². The highest BCUT2D eigenvalue weighted by Gasteiger charge is 2.19. The molecule has 0 aliphatic heterocycles. The third-order valence-corrected chi connectivity index (χ3v) is 4.78. The lowest BCUT2D eigenvalue weighted by molar-refractivity contribution is -0.128. The predicted molar refractivity (Wildman–Crippen MR) is 91.4 cm³/mol. The van der Waals surface area contributed by atoms with E-state index in [-0.39, 0.29) is 29.2 Å². The molecule has 6 nitrogen and oxygen atoms in total. The van der Waals surface area contributed by atoms with E-state index in [2.05, 4.69) is 10.2 Å². The van der Waals surface area contributed by atoms with Crippen molar-refractivity contribution in [2.75, 3.05) is 12.8 Å². The summed E-state index contributed by atoms with van der Waals surface area (Å²) in [6.45, 7) is 4.42. The van der Waals surface area contributed by atoms with Crippen molar-refractivity contribution in [3.63, 3.8) is 0 Å². The molecule has 1 aromatic carbocycles. The van der Waals surface area contributed by atoms with E-state index in [0.717, 1.165) is 12.0 Å². The molecule has 0 saturated carbocycles. The van der Waals surface area contributed by atoms with Crippen molar-refractivity contribution < 1.29 is 9.18 Å². The smallest absolute Gasteiger partial charge is 0.338 e. The minimum absolute atomic E-state index is 0.0877. The van der Waals surface area contributed by atoms with Crippen LogP contribution in [0.2, 0.25) is 0 Å². The fourth-order valence-electron chi connectivity index (χ4n) is 2.24. The van der Waals surface area contributed by atoms with Crippen molar-refractivity contribution in [2.45, 2.75) is 38.0 Å². The minimum Gasteiger partial charge on any atom is -0.338 e. The Bertz CT molecular complexity index is 741. The number of aromatic amines is 1. The second-order valence-corrected chi connectivity index (χ2v) is 6.43. The zero-order chi connectivity index (χ0) is 17.7. The third-order valence-electron chi connectivity index (χ3n) is 3.82. The minimum atomic E-state index is -0.303. The zero-order valence-corrected chi connectivity index (χ0v) is 14.8. The molecule has 0 aliphatic rings. The summed E-state index contributed by atoms with van der Waals surface area (Å²) >= 11 is 1.23. The Labute approximate surface area is 144 Å². The van der Waals surface area contributed by atoms with Crippen molar-refractivity contribution in [2.24, 2.45) is 0 Å². The van der Waals surface area contributed by atoms with E-state index >= 15 is 0 Å². The first-order valence-corrected chi connectivity index (χ1v) is 8.71. The van der Waals surface area contributed by atoms with Gasteiger partial charge in [0.1, 0.15) is 5.82 Å². The second-order valence-electron chi connectivity index (χ2n) is 5.48. The van der Waals surface area contributed by atoms with Gasteiger partial charge < -0.3 is 4.90 Å². The van der Waals surface area contributed by atoms with Crippen molar-refractivity contribution >= 4 is 17.7 Å². The topological polar surface area (TPSA) is 71.0 Å². The number of carbonyl (C=O) groups excluding carboxylic acids is 1. The van der Waals surface area contributed by atoms with Crippen molar-refractivity contribution in [1.29, 1.82) is 0 Å². The molecule has 0 radical (unpaired) electrons. The van der Waals surface area contributed by atoms with Gasteiger partial charge in [-0.3, -0.25) is 9.36 Å². The van der Waals surface area contributed by atoms with E-state index in [4.69, 9.17) is 0 Å². The maximum absolute atomic E-state index is 13.0. The molecule has 2 rings (SSSR count). The first-order valence-electron chi connectivity index (χ1n) is 7.73. The summed E-state index contributed by atoms with van der Waals surface area (Å²) in [4.78, 5) is 25.6. The van der Waals surface area contributed by atoms with Gasteiger partial charge >= 0.3 is 5.69 Å². The number of carbonyl (C=O) groups is 1. The zero-order valence-electron chi connectivity index (χ0n) is 14.0. The molecule has 8 heteroatoms. The van der Waals surface area contributed by atoms with Crippen LogP contribution in [0, 0.1) is 5.82 Å². The molecule has 1 N–H and O–H groups in total. The number of amides is 1. The van der Waals surface area contributed by atoms with Gasteiger partial charge in [-0.1, -0.05) is 30.8 Å². The van der Waals surface area contributed by atoms with E-state index in [0.29, 0.717) is 11.7 Å². The van der Waals surface area contributed by atoms with Gasteiger partial charge in [-0.2, -0.15) is 0 Å². The van der Waals surface area contributed by atoms with Gasteiger partial charge in [-0.15, -0.1) is 5.10 Å². The van der Waals surface area contributed by atoms with Crippen LogP contribution in [0.5, 0.6) is 0 Å². The largest absolute Gasteiger partial charge is 0.343 e. The molecule has 0 saturated heterocycles. The van der Waals surface area contributed by atoms with E-state index in [1.807, 2.05) is 13.8 Å². The third kappa shape index (κ3) is 4.25. The maximum Gasteiger partial charge on any atom is 0.343 e. The predicted octanol–water partition coefficient (Wildman–Crippen LogP) is 2.43. The van der Waals surface area contributed by atoms with Crippen molar-refractivity contribution in [1.82, 2.24) is 19.7 Å². The molecule has 1 atom stereocenters. The molecule has 0 spiro atoms. The number of rotatable bonds is 7. The lowest BCUT2D eigenvalue weighted by Gasteiger charge is -2.25. The van der Waals surface area contributed by atoms with Gasteiger partial charge in [0.05, 0.1) is 11.8 Å². The number of nitrogens with one attached hydrogen (secondary N) is 1. The van der Waals surface area contributed by atoms with E-state index in [1.165, 1.54) is 28.5 Å². The molecule has 0 aliphatic carbocycles. The summed E-state index contributed by atoms with van der Waals surface area (Å²) < 4.78 is 14.5. The van der Waals surface area contributed by atoms with Crippen LogP contribution in [-0.4, -0.2) is 38.4 Å². The fourth-order valence-corrected chi connectivity index (χ4v) is 3.14. The van der Waals surface area contributed by atoms with Gasteiger partial charge in [0.2, 0.25) is 5.91 Å². The number of nitrogens with zero attached hydrogens (tertiary/aromatic N) is 3. The summed E-state index contributed by atoms with van der Waals surface area (Å²) in [5, 5.41) is 6.87. The van der Waals surface area contributed by atoms with Crippen LogP contribution in [0.25, 0.3) is 0 Å². The molecule has 0 unspecified atom stereocenters. The fraction of sp³-hybridized carbons (Fsp3) is 0.438. The number of H-pyrrole nitrogens is 1. The average molecular weight is 352 g/mol. The van der Waals surface area contributed by atoms with Crippen molar-refractivity contribution in [3.8, 4) is 0 Å². The molecular formula is C16H21FN4O2S. The Hall–Kier alpha value is -2.09. The first-order chi connectivity index (χ1) is 11.4. The molecule has 0 fully saturated rings. The Morgan fingerprint density at radius 1 is 1.42 bits per heavy atom. The lowest BCUT2D eigenvalue weighted by atomic mass is 10.1. The van der Waals surface area contributed by atoms with E-state index in [9.17, 15) is 14.0 Å². The molecule has 1 aromatic heterocycles. The van der Waals surface area contributed by atoms with Crippen LogP contribution in [0.3, 0.4) is 0 Å².